The molecule has 7 nitrogen and oxygen atoms in total. The second-order valence-electron chi connectivity index (χ2n) is 9.77. The summed E-state index contributed by atoms with van der Waals surface area (Å²) in [6.07, 6.45) is 0. The van der Waals surface area contributed by atoms with Gasteiger partial charge in [-0.25, -0.2) is 8.42 Å². The maximum Gasteiger partial charge on any atom is 0.264 e. The van der Waals surface area contributed by atoms with Gasteiger partial charge in [-0.1, -0.05) is 53.5 Å². The zero-order valence-corrected chi connectivity index (χ0v) is 24.9. The van der Waals surface area contributed by atoms with Crippen molar-refractivity contribution in [3.05, 3.63) is 93.5 Å². The number of carbonyl (C=O) groups excluding carboxylic acids is 2. The van der Waals surface area contributed by atoms with Crippen LogP contribution in [0.2, 0.25) is 10.0 Å². The van der Waals surface area contributed by atoms with Gasteiger partial charge in [0.15, 0.2) is 0 Å². The summed E-state index contributed by atoms with van der Waals surface area (Å²) in [7, 11) is -4.13. The first kappa shape index (κ1) is 30.5. The molecule has 39 heavy (non-hydrogen) atoms. The Labute approximate surface area is 240 Å². The van der Waals surface area contributed by atoms with E-state index in [4.69, 9.17) is 23.2 Å². The Morgan fingerprint density at radius 1 is 0.897 bits per heavy atom. The lowest BCUT2D eigenvalue weighted by atomic mass is 10.1. The molecule has 3 rings (SSSR count). The summed E-state index contributed by atoms with van der Waals surface area (Å²) in [5, 5.41) is 3.59. The van der Waals surface area contributed by atoms with E-state index in [2.05, 4.69) is 5.32 Å². The molecule has 3 aromatic carbocycles. The molecule has 1 N–H and O–H groups in total. The fourth-order valence-corrected chi connectivity index (χ4v) is 6.05. The highest BCUT2D eigenvalue weighted by Crippen LogP contribution is 2.28. The minimum absolute atomic E-state index is 0.0203. The molecule has 3 aromatic rings. The quantitative estimate of drug-likeness (QED) is 0.326. The third-order valence-electron chi connectivity index (χ3n) is 6.06. The van der Waals surface area contributed by atoms with Crippen LogP contribution in [0.15, 0.2) is 71.6 Å². The Hall–Kier alpha value is -3.07. The lowest BCUT2D eigenvalue weighted by Gasteiger charge is -2.32. The molecule has 0 aliphatic carbocycles. The zero-order valence-electron chi connectivity index (χ0n) is 22.6. The van der Waals surface area contributed by atoms with Crippen molar-refractivity contribution in [2.75, 3.05) is 10.8 Å². The van der Waals surface area contributed by atoms with Gasteiger partial charge in [-0.05, 0) is 87.7 Å². The highest BCUT2D eigenvalue weighted by Gasteiger charge is 2.33. The van der Waals surface area contributed by atoms with Crippen LogP contribution in [-0.4, -0.2) is 43.8 Å². The molecule has 0 aromatic heterocycles. The van der Waals surface area contributed by atoms with Crippen LogP contribution in [0.4, 0.5) is 5.69 Å². The maximum atomic E-state index is 14.0. The minimum Gasteiger partial charge on any atom is -0.352 e. The Morgan fingerprint density at radius 2 is 1.51 bits per heavy atom. The van der Waals surface area contributed by atoms with E-state index in [1.807, 2.05) is 33.8 Å². The molecule has 0 aliphatic heterocycles. The molecule has 1 atom stereocenters. The third-order valence-corrected chi connectivity index (χ3v) is 8.43. The average Bonchev–Trinajstić information content (AvgIpc) is 2.85. The van der Waals surface area contributed by atoms with Gasteiger partial charge in [-0.15, -0.1) is 0 Å². The molecule has 0 spiro atoms. The molecule has 0 saturated heterocycles. The van der Waals surface area contributed by atoms with Crippen LogP contribution in [0, 0.1) is 13.8 Å². The van der Waals surface area contributed by atoms with Gasteiger partial charge in [0.1, 0.15) is 12.6 Å². The highest BCUT2D eigenvalue weighted by atomic mass is 35.5. The van der Waals surface area contributed by atoms with E-state index in [1.54, 1.807) is 55.5 Å². The second-order valence-corrected chi connectivity index (χ2v) is 12.5. The predicted molar refractivity (Wildman–Crippen MR) is 157 cm³/mol. The van der Waals surface area contributed by atoms with Gasteiger partial charge in [-0.2, -0.15) is 0 Å². The van der Waals surface area contributed by atoms with Gasteiger partial charge >= 0.3 is 0 Å². The Morgan fingerprint density at radius 3 is 2.08 bits per heavy atom. The topological polar surface area (TPSA) is 86.8 Å². The highest BCUT2D eigenvalue weighted by molar-refractivity contribution is 7.92. The van der Waals surface area contributed by atoms with Crippen LogP contribution in [0.25, 0.3) is 0 Å². The molecule has 0 heterocycles. The molecule has 0 aliphatic rings. The number of anilines is 1. The van der Waals surface area contributed by atoms with Gasteiger partial charge < -0.3 is 10.2 Å². The number of amides is 2. The van der Waals surface area contributed by atoms with E-state index in [9.17, 15) is 18.0 Å². The Balaban J connectivity index is 2.07. The molecule has 2 amide bonds. The van der Waals surface area contributed by atoms with E-state index in [1.165, 1.54) is 17.0 Å². The van der Waals surface area contributed by atoms with Crippen LogP contribution >= 0.6 is 23.2 Å². The zero-order chi connectivity index (χ0) is 28.9. The van der Waals surface area contributed by atoms with Crippen molar-refractivity contribution in [2.45, 2.75) is 58.1 Å². The lowest BCUT2D eigenvalue weighted by molar-refractivity contribution is -0.139. The number of nitrogens with zero attached hydrogens (tertiary/aromatic N) is 2. The fraction of sp³-hybridized carbons (Fsp3) is 0.310. The minimum atomic E-state index is -4.13. The van der Waals surface area contributed by atoms with E-state index in [0.717, 1.165) is 15.4 Å². The summed E-state index contributed by atoms with van der Waals surface area (Å²) < 4.78 is 28.8. The van der Waals surface area contributed by atoms with Crippen molar-refractivity contribution in [2.24, 2.45) is 0 Å². The second kappa shape index (κ2) is 12.9. The van der Waals surface area contributed by atoms with Crippen molar-refractivity contribution in [3.8, 4) is 0 Å². The molecular formula is C29H33Cl2N3O4S. The summed E-state index contributed by atoms with van der Waals surface area (Å²) in [6, 6.07) is 17.1. The van der Waals surface area contributed by atoms with Gasteiger partial charge in [0, 0.05) is 22.6 Å². The average molecular weight is 591 g/mol. The number of aryl methyl sites for hydroxylation is 2. The van der Waals surface area contributed by atoms with Crippen LogP contribution in [0.1, 0.15) is 37.5 Å². The SMILES string of the molecule is Cc1cc(C)cc(N(CC(=O)N(Cc2ccc(Cl)cc2Cl)[C@@H](C)C(=O)NC(C)C)S(=O)(=O)c2ccccc2)c1. The number of carbonyl (C=O) groups is 2. The standard InChI is InChI=1S/C29H33Cl2N3O4S/c1-19(2)32-29(36)22(5)33(17-23-11-12-24(30)16-27(23)31)28(35)18-34(25-14-20(3)13-21(4)15-25)39(37,38)26-9-7-6-8-10-26/h6-16,19,22H,17-18H2,1-5H3,(H,32,36)/t22-/m0/s1. The first-order chi connectivity index (χ1) is 18.3. The summed E-state index contributed by atoms with van der Waals surface area (Å²) in [6.45, 7) is 8.42. The van der Waals surface area contributed by atoms with Crippen molar-refractivity contribution in [3.63, 3.8) is 0 Å². The van der Waals surface area contributed by atoms with Crippen LogP contribution < -0.4 is 9.62 Å². The van der Waals surface area contributed by atoms with Crippen LogP contribution in [0.3, 0.4) is 0 Å². The summed E-state index contributed by atoms with van der Waals surface area (Å²) in [5.74, 6) is -0.932. The number of hydrogen-bond acceptors (Lipinski definition) is 4. The normalized spacial score (nSPS) is 12.2. The number of nitrogens with one attached hydrogen (secondary N) is 1. The number of hydrogen-bond donors (Lipinski definition) is 1. The van der Waals surface area contributed by atoms with E-state index < -0.39 is 28.5 Å². The Bertz CT molecular complexity index is 1430. The van der Waals surface area contributed by atoms with Gasteiger partial charge in [0.2, 0.25) is 11.8 Å². The molecular weight excluding hydrogens is 557 g/mol. The van der Waals surface area contributed by atoms with E-state index in [-0.39, 0.29) is 23.4 Å². The van der Waals surface area contributed by atoms with Gasteiger partial charge in [0.25, 0.3) is 10.0 Å². The monoisotopic (exact) mass is 589 g/mol. The number of halogens is 2. The molecule has 0 bridgehead atoms. The van der Waals surface area contributed by atoms with E-state index in [0.29, 0.717) is 21.3 Å². The molecule has 0 radical (unpaired) electrons. The molecule has 10 heteroatoms. The predicted octanol–water partition coefficient (Wildman–Crippen LogP) is 5.75. The van der Waals surface area contributed by atoms with Crippen molar-refractivity contribution in [1.29, 1.82) is 0 Å². The van der Waals surface area contributed by atoms with E-state index >= 15 is 0 Å². The molecule has 0 unspecified atom stereocenters. The maximum absolute atomic E-state index is 14.0. The van der Waals surface area contributed by atoms with Crippen molar-refractivity contribution >= 4 is 50.7 Å². The molecule has 0 saturated carbocycles. The van der Waals surface area contributed by atoms with Crippen LogP contribution in [-0.2, 0) is 26.2 Å². The third kappa shape index (κ3) is 7.75. The lowest BCUT2D eigenvalue weighted by Crippen LogP contribution is -2.52. The summed E-state index contributed by atoms with van der Waals surface area (Å²) in [4.78, 5) is 28.3. The molecule has 0 fully saturated rings. The van der Waals surface area contributed by atoms with Gasteiger partial charge in [-0.3, -0.25) is 13.9 Å². The number of benzene rings is 3. The first-order valence-electron chi connectivity index (χ1n) is 12.5. The largest absolute Gasteiger partial charge is 0.352 e. The number of sulfonamides is 1. The fourth-order valence-electron chi connectivity index (χ4n) is 4.16. The number of rotatable bonds is 10. The molecule has 208 valence electrons. The van der Waals surface area contributed by atoms with Crippen LogP contribution in [0.5, 0.6) is 0 Å². The van der Waals surface area contributed by atoms with Gasteiger partial charge in [0.05, 0.1) is 10.6 Å². The van der Waals surface area contributed by atoms with Crippen molar-refractivity contribution in [1.82, 2.24) is 10.2 Å². The first-order valence-corrected chi connectivity index (χ1v) is 14.7. The Kier molecular flexibility index (Phi) is 10.0. The summed E-state index contributed by atoms with van der Waals surface area (Å²) >= 11 is 12.5. The summed E-state index contributed by atoms with van der Waals surface area (Å²) in [5.41, 5.74) is 2.62. The van der Waals surface area contributed by atoms with Crippen molar-refractivity contribution < 1.29 is 18.0 Å². The smallest absolute Gasteiger partial charge is 0.264 e.